The van der Waals surface area contributed by atoms with Crippen molar-refractivity contribution in [2.24, 2.45) is 5.73 Å². The van der Waals surface area contributed by atoms with Gasteiger partial charge in [-0.2, -0.15) is 0 Å². The first-order valence-electron chi connectivity index (χ1n) is 8.41. The van der Waals surface area contributed by atoms with E-state index in [9.17, 15) is 15.3 Å². The molecule has 3 rings (SSSR count). The molecule has 0 radical (unpaired) electrons. The highest BCUT2D eigenvalue weighted by atomic mass is 16.6. The number of nitrogens with one attached hydrogen (secondary N) is 1. The number of hydrogen-bond donors (Lipinski definition) is 5. The smallest absolute Gasteiger partial charge is 0.167 e. The van der Waals surface area contributed by atoms with Gasteiger partial charge in [0, 0.05) is 6.54 Å². The highest BCUT2D eigenvalue weighted by Crippen LogP contribution is 2.32. The van der Waals surface area contributed by atoms with Crippen LogP contribution in [0.5, 0.6) is 0 Å². The van der Waals surface area contributed by atoms with E-state index >= 15 is 0 Å². The van der Waals surface area contributed by atoms with Crippen LogP contribution in [0.1, 0.15) is 25.5 Å². The maximum absolute atomic E-state index is 10.2. The van der Waals surface area contributed by atoms with Gasteiger partial charge in [-0.1, -0.05) is 6.42 Å². The fraction of sp³-hybridized carbons (Fsp3) is 0.667. The Morgan fingerprint density at radius 3 is 2.72 bits per heavy atom. The molecule has 4 atom stereocenters. The molecule has 0 aliphatic carbocycles. The van der Waals surface area contributed by atoms with Crippen molar-refractivity contribution in [2.45, 2.75) is 43.8 Å². The third-order valence-corrected chi connectivity index (χ3v) is 4.32. The van der Waals surface area contributed by atoms with E-state index in [4.69, 9.17) is 10.5 Å². The lowest BCUT2D eigenvalue weighted by molar-refractivity contribution is -0.0511. The fourth-order valence-corrected chi connectivity index (χ4v) is 2.93. The van der Waals surface area contributed by atoms with E-state index in [1.165, 1.54) is 12.7 Å². The van der Waals surface area contributed by atoms with Gasteiger partial charge in [0.2, 0.25) is 0 Å². The Balaban J connectivity index is 1.77. The Hall–Kier alpha value is -1.85. The number of imidazole rings is 1. The molecule has 1 aliphatic heterocycles. The van der Waals surface area contributed by atoms with Crippen LogP contribution >= 0.6 is 0 Å². The fourth-order valence-electron chi connectivity index (χ4n) is 2.93. The largest absolute Gasteiger partial charge is 0.394 e. The van der Waals surface area contributed by atoms with Crippen LogP contribution in [0.15, 0.2) is 12.7 Å². The van der Waals surface area contributed by atoms with E-state index in [2.05, 4.69) is 20.3 Å². The summed E-state index contributed by atoms with van der Waals surface area (Å²) in [6.07, 6.45) is 1.81. The van der Waals surface area contributed by atoms with Crippen LogP contribution in [-0.2, 0) is 4.74 Å². The first kappa shape index (κ1) is 18.0. The molecular weight excluding hydrogens is 328 g/mol. The monoisotopic (exact) mass is 352 g/mol. The van der Waals surface area contributed by atoms with Crippen molar-refractivity contribution >= 4 is 17.0 Å². The average molecular weight is 352 g/mol. The molecule has 138 valence electrons. The second kappa shape index (κ2) is 8.02. The van der Waals surface area contributed by atoms with Gasteiger partial charge in [-0.15, -0.1) is 0 Å². The summed E-state index contributed by atoms with van der Waals surface area (Å²) in [7, 11) is 0. The zero-order chi connectivity index (χ0) is 17.8. The highest BCUT2D eigenvalue weighted by Gasteiger charge is 2.44. The molecule has 0 aromatic carbocycles. The molecule has 10 nitrogen and oxygen atoms in total. The van der Waals surface area contributed by atoms with E-state index in [0.29, 0.717) is 23.5 Å². The minimum Gasteiger partial charge on any atom is -0.394 e. The number of anilines is 1. The molecule has 25 heavy (non-hydrogen) atoms. The summed E-state index contributed by atoms with van der Waals surface area (Å²) >= 11 is 0. The first-order chi connectivity index (χ1) is 12.2. The summed E-state index contributed by atoms with van der Waals surface area (Å²) in [5, 5.41) is 32.5. The Morgan fingerprint density at radius 1 is 1.16 bits per heavy atom. The molecule has 2 aromatic heterocycles. The first-order valence-corrected chi connectivity index (χ1v) is 8.41. The maximum Gasteiger partial charge on any atom is 0.167 e. The number of ether oxygens (including phenoxy) is 1. The average Bonchev–Trinajstić information content (AvgIpc) is 3.17. The van der Waals surface area contributed by atoms with Crippen LogP contribution in [0.3, 0.4) is 0 Å². The number of nitrogens with two attached hydrogens (primary N) is 1. The van der Waals surface area contributed by atoms with Crippen molar-refractivity contribution in [1.29, 1.82) is 0 Å². The second-order valence-corrected chi connectivity index (χ2v) is 6.05. The molecule has 0 bridgehead atoms. The lowest BCUT2D eigenvalue weighted by Crippen LogP contribution is -2.33. The number of aliphatic hydroxyl groups is 3. The van der Waals surface area contributed by atoms with E-state index in [0.717, 1.165) is 25.8 Å². The standard InChI is InChI=1S/C15H24N6O4/c16-4-2-1-3-5-17-13-10-14(19-7-18-13)21(8-20-10)15-12(24)11(23)9(6-22)25-15/h7-9,11-12,15,22-24H,1-6,16H2,(H,17,18,19)/t9-,11-,12-,15?/m1/s1. The summed E-state index contributed by atoms with van der Waals surface area (Å²) in [4.78, 5) is 12.7. The molecule has 0 spiro atoms. The molecular formula is C15H24N6O4. The van der Waals surface area contributed by atoms with Crippen LogP contribution in [0.25, 0.3) is 11.2 Å². The summed E-state index contributed by atoms with van der Waals surface area (Å²) in [6, 6.07) is 0. The number of rotatable bonds is 8. The number of fused-ring (bicyclic) bond motifs is 1. The number of aliphatic hydroxyl groups excluding tert-OH is 3. The number of unbranched alkanes of at least 4 members (excludes halogenated alkanes) is 2. The molecule has 0 saturated carbocycles. The molecule has 1 fully saturated rings. The minimum absolute atomic E-state index is 0.383. The predicted molar refractivity (Wildman–Crippen MR) is 89.7 cm³/mol. The van der Waals surface area contributed by atoms with Gasteiger partial charge in [-0.3, -0.25) is 4.57 Å². The van der Waals surface area contributed by atoms with Crippen LogP contribution in [0.2, 0.25) is 0 Å². The quantitative estimate of drug-likeness (QED) is 0.376. The van der Waals surface area contributed by atoms with Gasteiger partial charge in [0.05, 0.1) is 12.9 Å². The van der Waals surface area contributed by atoms with Gasteiger partial charge in [-0.05, 0) is 19.4 Å². The number of hydrogen-bond acceptors (Lipinski definition) is 9. The van der Waals surface area contributed by atoms with Gasteiger partial charge in [-0.25, -0.2) is 15.0 Å². The van der Waals surface area contributed by atoms with Crippen molar-refractivity contribution in [1.82, 2.24) is 19.5 Å². The summed E-state index contributed by atoms with van der Waals surface area (Å²) in [5.41, 5.74) is 6.52. The van der Waals surface area contributed by atoms with Gasteiger partial charge < -0.3 is 31.1 Å². The maximum atomic E-state index is 10.2. The van der Waals surface area contributed by atoms with Crippen molar-refractivity contribution < 1.29 is 20.1 Å². The molecule has 3 heterocycles. The molecule has 0 amide bonds. The number of aromatic nitrogens is 4. The van der Waals surface area contributed by atoms with Crippen LogP contribution in [0.4, 0.5) is 5.82 Å². The summed E-state index contributed by atoms with van der Waals surface area (Å²) < 4.78 is 7.08. The van der Waals surface area contributed by atoms with E-state index in [1.54, 1.807) is 4.57 Å². The predicted octanol–water partition coefficient (Wildman–Crippen LogP) is -1.02. The van der Waals surface area contributed by atoms with Gasteiger partial charge in [0.1, 0.15) is 24.6 Å². The second-order valence-electron chi connectivity index (χ2n) is 6.05. The molecule has 1 unspecified atom stereocenters. The lowest BCUT2D eigenvalue weighted by Gasteiger charge is -2.16. The summed E-state index contributed by atoms with van der Waals surface area (Å²) in [6.45, 7) is 1.05. The minimum atomic E-state index is -1.18. The topological polar surface area (TPSA) is 152 Å². The molecule has 2 aromatic rings. The zero-order valence-electron chi connectivity index (χ0n) is 13.8. The number of nitrogens with zero attached hydrogens (tertiary/aromatic N) is 4. The third-order valence-electron chi connectivity index (χ3n) is 4.32. The lowest BCUT2D eigenvalue weighted by atomic mass is 10.1. The van der Waals surface area contributed by atoms with Crippen LogP contribution in [-0.4, -0.2) is 72.8 Å². The van der Waals surface area contributed by atoms with Crippen LogP contribution < -0.4 is 11.1 Å². The Kier molecular flexibility index (Phi) is 5.76. The Morgan fingerprint density at radius 2 is 2.00 bits per heavy atom. The van der Waals surface area contributed by atoms with Crippen LogP contribution in [0, 0.1) is 0 Å². The van der Waals surface area contributed by atoms with E-state index in [1.807, 2.05) is 0 Å². The van der Waals surface area contributed by atoms with Crippen molar-refractivity contribution in [3.63, 3.8) is 0 Å². The third kappa shape index (κ3) is 3.58. The van der Waals surface area contributed by atoms with E-state index in [-0.39, 0.29) is 6.61 Å². The van der Waals surface area contributed by atoms with Crippen molar-refractivity contribution in [3.8, 4) is 0 Å². The molecule has 1 saturated heterocycles. The van der Waals surface area contributed by atoms with Gasteiger partial charge in [0.15, 0.2) is 23.2 Å². The highest BCUT2D eigenvalue weighted by molar-refractivity contribution is 5.82. The van der Waals surface area contributed by atoms with Gasteiger partial charge in [0.25, 0.3) is 0 Å². The van der Waals surface area contributed by atoms with E-state index < -0.39 is 24.5 Å². The Bertz CT molecular complexity index is 696. The van der Waals surface area contributed by atoms with Crippen molar-refractivity contribution in [3.05, 3.63) is 12.7 Å². The van der Waals surface area contributed by atoms with Crippen molar-refractivity contribution in [2.75, 3.05) is 25.0 Å². The molecule has 1 aliphatic rings. The SMILES string of the molecule is NCCCCCNc1ncnc2c1ncn2C1O[C@H](CO)[C@@H](O)[C@H]1O. The molecule has 10 heteroatoms. The van der Waals surface area contributed by atoms with Gasteiger partial charge >= 0.3 is 0 Å². The Labute approximate surface area is 144 Å². The zero-order valence-corrected chi connectivity index (χ0v) is 13.8. The summed E-state index contributed by atoms with van der Waals surface area (Å²) in [5.74, 6) is 0.600. The molecule has 6 N–H and O–H groups in total. The normalized spacial score (nSPS) is 26.4.